The molecule has 1 unspecified atom stereocenters. The Labute approximate surface area is 54.2 Å². The highest BCUT2D eigenvalue weighted by Crippen LogP contribution is 1.87. The fourth-order valence-corrected chi connectivity index (χ4v) is 0.388. The second-order valence-corrected chi connectivity index (χ2v) is 1.79. The lowest BCUT2D eigenvalue weighted by molar-refractivity contribution is 0.187. The van der Waals surface area contributed by atoms with Crippen LogP contribution >= 0.6 is 12.2 Å². The van der Waals surface area contributed by atoms with Crippen molar-refractivity contribution in [2.24, 2.45) is 4.99 Å². The fraction of sp³-hybridized carbons (Fsp3) is 0.800. The number of thiocarbonyl (C=S) groups is 1. The molecule has 0 saturated heterocycles. The first-order chi connectivity index (χ1) is 3.77. The van der Waals surface area contributed by atoms with Gasteiger partial charge in [0.15, 0.2) is 0 Å². The first-order valence-corrected chi connectivity index (χ1v) is 2.90. The average molecular weight is 131 g/mol. The van der Waals surface area contributed by atoms with Gasteiger partial charge in [-0.05, 0) is 25.6 Å². The number of aliphatic hydroxyl groups is 1. The van der Waals surface area contributed by atoms with E-state index >= 15 is 0 Å². The Morgan fingerprint density at radius 3 is 2.88 bits per heavy atom. The van der Waals surface area contributed by atoms with Crippen molar-refractivity contribution < 1.29 is 5.11 Å². The highest BCUT2D eigenvalue weighted by molar-refractivity contribution is 7.78. The molecule has 0 heterocycles. The molecule has 1 atom stereocenters. The van der Waals surface area contributed by atoms with E-state index in [0.29, 0.717) is 13.0 Å². The maximum absolute atomic E-state index is 8.66. The monoisotopic (exact) mass is 131 g/mol. The van der Waals surface area contributed by atoms with Crippen LogP contribution in [0.1, 0.15) is 13.3 Å². The van der Waals surface area contributed by atoms with Crippen molar-refractivity contribution in [2.45, 2.75) is 19.4 Å². The second kappa shape index (κ2) is 4.91. The zero-order chi connectivity index (χ0) is 6.41. The molecule has 0 fully saturated rings. The predicted octanol–water partition coefficient (Wildman–Crippen LogP) is 0.860. The van der Waals surface area contributed by atoms with E-state index < -0.39 is 0 Å². The Hall–Kier alpha value is -0.240. The molecule has 0 aromatic rings. The van der Waals surface area contributed by atoms with Crippen molar-refractivity contribution in [1.82, 2.24) is 0 Å². The maximum atomic E-state index is 8.66. The number of hydrogen-bond donors (Lipinski definition) is 1. The summed E-state index contributed by atoms with van der Waals surface area (Å²) >= 11 is 4.31. The normalized spacial score (nSPS) is 12.2. The van der Waals surface area contributed by atoms with Crippen LogP contribution in [0.3, 0.4) is 0 Å². The summed E-state index contributed by atoms with van der Waals surface area (Å²) in [6, 6.07) is 0. The molecule has 46 valence electrons. The number of aliphatic hydroxyl groups excluding tert-OH is 1. The summed E-state index contributed by atoms with van der Waals surface area (Å²) < 4.78 is 0. The lowest BCUT2D eigenvalue weighted by Gasteiger charge is -1.95. The van der Waals surface area contributed by atoms with Gasteiger partial charge in [-0.15, -0.1) is 0 Å². The van der Waals surface area contributed by atoms with Crippen molar-refractivity contribution >= 4 is 17.4 Å². The van der Waals surface area contributed by atoms with Crippen LogP contribution in [0.2, 0.25) is 0 Å². The molecule has 8 heavy (non-hydrogen) atoms. The average Bonchev–Trinajstić information content (AvgIpc) is 1.66. The molecule has 0 aliphatic heterocycles. The van der Waals surface area contributed by atoms with Gasteiger partial charge >= 0.3 is 0 Å². The molecule has 1 N–H and O–H groups in total. The summed E-state index contributed by atoms with van der Waals surface area (Å²) in [4.78, 5) is 3.62. The van der Waals surface area contributed by atoms with Crippen molar-refractivity contribution in [2.75, 3.05) is 6.54 Å². The molecular formula is C5H9NOS. The summed E-state index contributed by atoms with van der Waals surface area (Å²) in [6.07, 6.45) is 0.394. The van der Waals surface area contributed by atoms with Gasteiger partial charge in [0.1, 0.15) is 0 Å². The van der Waals surface area contributed by atoms with Gasteiger partial charge in [0.25, 0.3) is 0 Å². The van der Waals surface area contributed by atoms with Gasteiger partial charge in [0, 0.05) is 0 Å². The highest BCUT2D eigenvalue weighted by atomic mass is 32.1. The van der Waals surface area contributed by atoms with Crippen LogP contribution in [0.25, 0.3) is 0 Å². The summed E-state index contributed by atoms with van der Waals surface area (Å²) in [7, 11) is 0. The molecule has 0 amide bonds. The van der Waals surface area contributed by atoms with Crippen molar-refractivity contribution in [1.29, 1.82) is 0 Å². The third-order valence-corrected chi connectivity index (χ3v) is 0.852. The van der Waals surface area contributed by atoms with Crippen molar-refractivity contribution in [3.05, 3.63) is 0 Å². The third-order valence-electron chi connectivity index (χ3n) is 0.723. The van der Waals surface area contributed by atoms with Gasteiger partial charge in [0.2, 0.25) is 0 Å². The second-order valence-electron chi connectivity index (χ2n) is 1.61. The quantitative estimate of drug-likeness (QED) is 0.455. The summed E-state index contributed by atoms with van der Waals surface area (Å²) in [5, 5.41) is 10.9. The molecule has 0 aromatic heterocycles. The zero-order valence-corrected chi connectivity index (χ0v) is 5.61. The van der Waals surface area contributed by atoms with E-state index in [1.807, 2.05) is 0 Å². The van der Waals surface area contributed by atoms with Crippen molar-refractivity contribution in [3.8, 4) is 0 Å². The SMILES string of the molecule is CC(O)CCN=C=S. The smallest absolute Gasteiger partial charge is 0.0584 e. The minimum atomic E-state index is -0.276. The number of aliphatic imine (C=N–C) groups is 1. The molecule has 0 saturated carbocycles. The highest BCUT2D eigenvalue weighted by Gasteiger charge is 1.90. The molecule has 0 spiro atoms. The Kier molecular flexibility index (Phi) is 4.76. The number of isothiocyanates is 1. The molecule has 0 radical (unpaired) electrons. The Morgan fingerprint density at radius 1 is 1.88 bits per heavy atom. The summed E-state index contributed by atoms with van der Waals surface area (Å²) in [6.45, 7) is 2.31. The standard InChI is InChI=1S/C5H9NOS/c1-5(7)2-3-6-4-8/h5,7H,2-3H2,1H3. The molecule has 2 nitrogen and oxygen atoms in total. The van der Waals surface area contributed by atoms with Crippen LogP contribution in [0.5, 0.6) is 0 Å². The minimum Gasteiger partial charge on any atom is -0.393 e. The maximum Gasteiger partial charge on any atom is 0.0584 e. The zero-order valence-electron chi connectivity index (χ0n) is 4.79. The van der Waals surface area contributed by atoms with E-state index in [0.717, 1.165) is 0 Å². The van der Waals surface area contributed by atoms with E-state index in [1.165, 1.54) is 0 Å². The largest absolute Gasteiger partial charge is 0.393 e. The van der Waals surface area contributed by atoms with E-state index in [9.17, 15) is 0 Å². The van der Waals surface area contributed by atoms with E-state index in [1.54, 1.807) is 6.92 Å². The molecule has 0 aliphatic rings. The molecule has 0 bridgehead atoms. The van der Waals surface area contributed by atoms with Crippen molar-refractivity contribution in [3.63, 3.8) is 0 Å². The van der Waals surface area contributed by atoms with Gasteiger partial charge < -0.3 is 5.11 Å². The summed E-state index contributed by atoms with van der Waals surface area (Å²) in [5.41, 5.74) is 0. The summed E-state index contributed by atoms with van der Waals surface area (Å²) in [5.74, 6) is 0. The first kappa shape index (κ1) is 7.76. The topological polar surface area (TPSA) is 32.6 Å². The Morgan fingerprint density at radius 2 is 2.50 bits per heavy atom. The number of rotatable bonds is 3. The van der Waals surface area contributed by atoms with Gasteiger partial charge in [0.05, 0.1) is 17.8 Å². The van der Waals surface area contributed by atoms with Crippen LogP contribution in [0.15, 0.2) is 4.99 Å². The van der Waals surface area contributed by atoms with Gasteiger partial charge in [-0.2, -0.15) is 0 Å². The molecule has 0 aromatic carbocycles. The Bertz CT molecular complexity index is 96.6. The minimum absolute atomic E-state index is 0.276. The molecule has 0 rings (SSSR count). The van der Waals surface area contributed by atoms with Gasteiger partial charge in [-0.3, -0.25) is 0 Å². The van der Waals surface area contributed by atoms with E-state index in [2.05, 4.69) is 22.4 Å². The third kappa shape index (κ3) is 5.76. The van der Waals surface area contributed by atoms with Crippen LogP contribution in [-0.4, -0.2) is 22.9 Å². The van der Waals surface area contributed by atoms with Crippen LogP contribution in [-0.2, 0) is 0 Å². The molecule has 0 aliphatic carbocycles. The van der Waals surface area contributed by atoms with Crippen LogP contribution in [0, 0.1) is 0 Å². The van der Waals surface area contributed by atoms with Gasteiger partial charge in [-0.25, -0.2) is 4.99 Å². The van der Waals surface area contributed by atoms with Gasteiger partial charge in [-0.1, -0.05) is 0 Å². The lowest BCUT2D eigenvalue weighted by Crippen LogP contribution is -2.00. The van der Waals surface area contributed by atoms with Crippen LogP contribution < -0.4 is 0 Å². The first-order valence-electron chi connectivity index (χ1n) is 2.49. The predicted molar refractivity (Wildman–Crippen MR) is 36.2 cm³/mol. The Balaban J connectivity index is 3.05. The fourth-order valence-electron chi connectivity index (χ4n) is 0.297. The molecular weight excluding hydrogens is 122 g/mol. The number of hydrogen-bond acceptors (Lipinski definition) is 3. The molecule has 3 heteroatoms. The number of nitrogens with zero attached hydrogens (tertiary/aromatic N) is 1. The van der Waals surface area contributed by atoms with E-state index in [-0.39, 0.29) is 6.10 Å². The van der Waals surface area contributed by atoms with Crippen LogP contribution in [0.4, 0.5) is 0 Å². The van der Waals surface area contributed by atoms with E-state index in [4.69, 9.17) is 5.11 Å². The lowest BCUT2D eigenvalue weighted by atomic mass is 10.3.